The van der Waals surface area contributed by atoms with E-state index in [1.54, 1.807) is 26.3 Å². The number of pyridine rings is 1. The number of thiazole rings is 1. The Balaban J connectivity index is 1.51. The van der Waals surface area contributed by atoms with Crippen LogP contribution in [0, 0.1) is 12.7 Å². The molecule has 0 aliphatic rings. The fourth-order valence-corrected chi connectivity index (χ4v) is 4.90. The summed E-state index contributed by atoms with van der Waals surface area (Å²) in [7, 11) is 1.58. The second kappa shape index (κ2) is 12.1. The zero-order chi connectivity index (χ0) is 26.4. The number of aryl methyl sites for hydroxylation is 1. The molecule has 37 heavy (non-hydrogen) atoms. The third-order valence-electron chi connectivity index (χ3n) is 5.83. The van der Waals surface area contributed by atoms with Crippen molar-refractivity contribution in [1.82, 2.24) is 14.5 Å². The maximum absolute atomic E-state index is 14.7. The standard InChI is InChI=1S/C27H31FN4O4S/c1-5-7-14-36-25-24(27(33)35-6-2)37-26(31-25)21-16-18(10-11-30-21)29-12-13-32-17(3)15-19-22(34-4)9-8-20(28)23(19)32/h8-11,15-16H,5-7,12-14H2,1-4H3,(H,29,30). The summed E-state index contributed by atoms with van der Waals surface area (Å²) in [5.74, 6) is 0.187. The summed E-state index contributed by atoms with van der Waals surface area (Å²) in [6.07, 6.45) is 3.51. The molecular weight excluding hydrogens is 495 g/mol. The Morgan fingerprint density at radius 3 is 2.81 bits per heavy atom. The highest BCUT2D eigenvalue weighted by Gasteiger charge is 2.22. The van der Waals surface area contributed by atoms with Gasteiger partial charge in [-0.25, -0.2) is 9.18 Å². The third kappa shape index (κ3) is 5.85. The summed E-state index contributed by atoms with van der Waals surface area (Å²) in [5.41, 5.74) is 2.92. The molecule has 4 rings (SSSR count). The fourth-order valence-electron chi connectivity index (χ4n) is 4.03. The molecule has 4 aromatic rings. The van der Waals surface area contributed by atoms with Crippen LogP contribution in [0.25, 0.3) is 21.6 Å². The monoisotopic (exact) mass is 526 g/mol. The van der Waals surface area contributed by atoms with Gasteiger partial charge in [-0.15, -0.1) is 11.3 Å². The number of nitrogens with zero attached hydrogens (tertiary/aromatic N) is 3. The number of fused-ring (bicyclic) bond motifs is 1. The van der Waals surface area contributed by atoms with Crippen molar-refractivity contribution in [3.05, 3.63) is 52.9 Å². The summed E-state index contributed by atoms with van der Waals surface area (Å²) in [6.45, 7) is 7.63. The van der Waals surface area contributed by atoms with Crippen molar-refractivity contribution < 1.29 is 23.4 Å². The molecule has 0 radical (unpaired) electrons. The van der Waals surface area contributed by atoms with Crippen LogP contribution < -0.4 is 14.8 Å². The predicted molar refractivity (Wildman–Crippen MR) is 143 cm³/mol. The van der Waals surface area contributed by atoms with Gasteiger partial charge in [-0.05, 0) is 50.6 Å². The quantitative estimate of drug-likeness (QED) is 0.177. The number of benzene rings is 1. The highest BCUT2D eigenvalue weighted by atomic mass is 32.1. The van der Waals surface area contributed by atoms with Crippen LogP contribution in [0.15, 0.2) is 36.5 Å². The number of carbonyl (C=O) groups excluding carboxylic acids is 1. The maximum atomic E-state index is 14.7. The lowest BCUT2D eigenvalue weighted by molar-refractivity contribution is 0.0527. The lowest BCUT2D eigenvalue weighted by Gasteiger charge is -2.12. The smallest absolute Gasteiger partial charge is 0.354 e. The molecular formula is C27H31FN4O4S. The van der Waals surface area contributed by atoms with E-state index in [-0.39, 0.29) is 18.3 Å². The van der Waals surface area contributed by atoms with E-state index in [0.29, 0.717) is 46.5 Å². The Hall–Kier alpha value is -3.66. The van der Waals surface area contributed by atoms with Crippen molar-refractivity contribution in [2.24, 2.45) is 0 Å². The molecule has 0 unspecified atom stereocenters. The lowest BCUT2D eigenvalue weighted by atomic mass is 10.2. The molecule has 0 aliphatic heterocycles. The number of hydrogen-bond acceptors (Lipinski definition) is 8. The summed E-state index contributed by atoms with van der Waals surface area (Å²) in [5, 5.41) is 4.70. The number of anilines is 1. The van der Waals surface area contributed by atoms with Crippen LogP contribution in [0.3, 0.4) is 0 Å². The lowest BCUT2D eigenvalue weighted by Crippen LogP contribution is -2.12. The molecule has 0 fully saturated rings. The van der Waals surface area contributed by atoms with Gasteiger partial charge in [-0.3, -0.25) is 4.98 Å². The zero-order valence-corrected chi connectivity index (χ0v) is 22.3. The van der Waals surface area contributed by atoms with Crippen molar-refractivity contribution in [2.45, 2.75) is 40.2 Å². The molecule has 10 heteroatoms. The maximum Gasteiger partial charge on any atom is 0.354 e. The number of nitrogens with one attached hydrogen (secondary N) is 1. The summed E-state index contributed by atoms with van der Waals surface area (Å²) in [6, 6.07) is 8.73. The third-order valence-corrected chi connectivity index (χ3v) is 6.87. The SMILES string of the molecule is CCCCOc1nc(-c2cc(NCCn3c(C)cc4c(OC)ccc(F)c43)ccn2)sc1C(=O)OCC. The van der Waals surface area contributed by atoms with Gasteiger partial charge < -0.3 is 24.1 Å². The molecule has 0 bridgehead atoms. The van der Waals surface area contributed by atoms with E-state index in [1.807, 2.05) is 29.7 Å². The van der Waals surface area contributed by atoms with E-state index in [0.717, 1.165) is 29.6 Å². The molecule has 0 atom stereocenters. The van der Waals surface area contributed by atoms with Crippen molar-refractivity contribution in [2.75, 3.05) is 32.2 Å². The van der Waals surface area contributed by atoms with E-state index in [9.17, 15) is 9.18 Å². The molecule has 1 N–H and O–H groups in total. The minimum atomic E-state index is -0.454. The van der Waals surface area contributed by atoms with Gasteiger partial charge in [0, 0.05) is 36.1 Å². The van der Waals surface area contributed by atoms with Gasteiger partial charge in [0.05, 0.1) is 25.8 Å². The van der Waals surface area contributed by atoms with Crippen LogP contribution in [0.2, 0.25) is 0 Å². The normalized spacial score (nSPS) is 11.1. The highest BCUT2D eigenvalue weighted by Crippen LogP contribution is 2.34. The van der Waals surface area contributed by atoms with E-state index in [4.69, 9.17) is 14.2 Å². The number of carbonyl (C=O) groups is 1. The van der Waals surface area contributed by atoms with Crippen molar-refractivity contribution in [3.8, 4) is 22.3 Å². The minimum Gasteiger partial charge on any atom is -0.496 e. The molecule has 3 aromatic heterocycles. The number of esters is 1. The number of aromatic nitrogens is 3. The second-order valence-electron chi connectivity index (χ2n) is 8.38. The van der Waals surface area contributed by atoms with Crippen LogP contribution in [0.1, 0.15) is 42.1 Å². The van der Waals surface area contributed by atoms with Crippen LogP contribution in [0.5, 0.6) is 11.6 Å². The molecule has 0 saturated heterocycles. The Kier molecular flexibility index (Phi) is 8.60. The van der Waals surface area contributed by atoms with Gasteiger partial charge in [0.2, 0.25) is 5.88 Å². The van der Waals surface area contributed by atoms with Crippen molar-refractivity contribution in [3.63, 3.8) is 0 Å². The average molecular weight is 527 g/mol. The number of rotatable bonds is 12. The van der Waals surface area contributed by atoms with Gasteiger partial charge >= 0.3 is 5.97 Å². The van der Waals surface area contributed by atoms with E-state index in [2.05, 4.69) is 22.2 Å². The zero-order valence-electron chi connectivity index (χ0n) is 21.5. The number of unbranched alkanes of at least 4 members (excludes halogenated alkanes) is 1. The first-order valence-electron chi connectivity index (χ1n) is 12.3. The van der Waals surface area contributed by atoms with Crippen molar-refractivity contribution >= 4 is 33.9 Å². The fraction of sp³-hybridized carbons (Fsp3) is 0.370. The van der Waals surface area contributed by atoms with Gasteiger partial charge in [-0.2, -0.15) is 4.98 Å². The summed E-state index contributed by atoms with van der Waals surface area (Å²) < 4.78 is 32.9. The minimum absolute atomic E-state index is 0.269. The van der Waals surface area contributed by atoms with E-state index >= 15 is 0 Å². The first-order chi connectivity index (χ1) is 18.0. The molecule has 0 spiro atoms. The predicted octanol–water partition coefficient (Wildman–Crippen LogP) is 6.08. The Morgan fingerprint density at radius 2 is 2.05 bits per heavy atom. The number of ether oxygens (including phenoxy) is 3. The Bertz CT molecular complexity index is 1380. The van der Waals surface area contributed by atoms with Gasteiger partial charge in [-0.1, -0.05) is 13.3 Å². The average Bonchev–Trinajstić information content (AvgIpc) is 3.47. The Labute approximate surface area is 219 Å². The first-order valence-corrected chi connectivity index (χ1v) is 13.1. The molecule has 3 heterocycles. The molecule has 1 aromatic carbocycles. The first kappa shape index (κ1) is 26.4. The van der Waals surface area contributed by atoms with Crippen LogP contribution in [-0.4, -0.2) is 47.4 Å². The van der Waals surface area contributed by atoms with E-state index < -0.39 is 5.97 Å². The Morgan fingerprint density at radius 1 is 1.22 bits per heavy atom. The number of methoxy groups -OCH3 is 1. The number of halogens is 1. The molecule has 196 valence electrons. The van der Waals surface area contributed by atoms with Crippen molar-refractivity contribution in [1.29, 1.82) is 0 Å². The largest absolute Gasteiger partial charge is 0.496 e. The molecule has 8 nitrogen and oxygen atoms in total. The van der Waals surface area contributed by atoms with Gasteiger partial charge in [0.25, 0.3) is 0 Å². The number of hydrogen-bond donors (Lipinski definition) is 1. The topological polar surface area (TPSA) is 87.5 Å². The van der Waals surface area contributed by atoms with Crippen LogP contribution in [-0.2, 0) is 11.3 Å². The van der Waals surface area contributed by atoms with Gasteiger partial charge in [0.1, 0.15) is 22.3 Å². The van der Waals surface area contributed by atoms with Crippen LogP contribution in [0.4, 0.5) is 10.1 Å². The van der Waals surface area contributed by atoms with E-state index in [1.165, 1.54) is 17.4 Å². The van der Waals surface area contributed by atoms with Gasteiger partial charge in [0.15, 0.2) is 4.88 Å². The summed E-state index contributed by atoms with van der Waals surface area (Å²) in [4.78, 5) is 21.8. The molecule has 0 saturated carbocycles. The van der Waals surface area contributed by atoms with Crippen LogP contribution >= 0.6 is 11.3 Å². The summed E-state index contributed by atoms with van der Waals surface area (Å²) >= 11 is 1.20. The molecule has 0 amide bonds. The second-order valence-corrected chi connectivity index (χ2v) is 9.38. The molecule has 0 aliphatic carbocycles. The highest BCUT2D eigenvalue weighted by molar-refractivity contribution is 7.17.